The van der Waals surface area contributed by atoms with E-state index in [9.17, 15) is 9.90 Å². The van der Waals surface area contributed by atoms with Gasteiger partial charge in [-0.05, 0) is 51.4 Å². The Morgan fingerprint density at radius 1 is 1.09 bits per heavy atom. The molecule has 0 aromatic rings. The lowest BCUT2D eigenvalue weighted by Gasteiger charge is -2.39. The lowest BCUT2D eigenvalue weighted by Crippen LogP contribution is -2.57. The average molecular weight is 323 g/mol. The van der Waals surface area contributed by atoms with Crippen LogP contribution in [0.3, 0.4) is 0 Å². The molecule has 3 rings (SSSR count). The molecule has 5 heteroatoms. The fraction of sp³-hybridized carbons (Fsp3) is 0.944. The molecule has 3 aliphatic rings. The molecule has 0 spiro atoms. The molecule has 0 aromatic heterocycles. The minimum atomic E-state index is -0.452. The van der Waals surface area contributed by atoms with Gasteiger partial charge in [0, 0.05) is 25.2 Å². The van der Waals surface area contributed by atoms with Crippen LogP contribution in [-0.2, 0) is 0 Å². The molecule has 3 N–H and O–H groups in total. The van der Waals surface area contributed by atoms with Crippen LogP contribution in [0.1, 0.15) is 64.7 Å². The molecule has 1 heterocycles. The highest BCUT2D eigenvalue weighted by atomic mass is 16.3. The van der Waals surface area contributed by atoms with Gasteiger partial charge in [-0.25, -0.2) is 4.79 Å². The molecule has 23 heavy (non-hydrogen) atoms. The lowest BCUT2D eigenvalue weighted by molar-refractivity contribution is 0.114. The first-order valence-corrected chi connectivity index (χ1v) is 9.54. The van der Waals surface area contributed by atoms with E-state index in [1.54, 1.807) is 0 Å². The molecular formula is C18H33N3O2. The van der Waals surface area contributed by atoms with Gasteiger partial charge >= 0.3 is 6.03 Å². The molecular weight excluding hydrogens is 290 g/mol. The van der Waals surface area contributed by atoms with Gasteiger partial charge in [0.05, 0.1) is 12.1 Å². The van der Waals surface area contributed by atoms with Crippen LogP contribution in [0.15, 0.2) is 0 Å². The topological polar surface area (TPSA) is 64.6 Å². The van der Waals surface area contributed by atoms with Crippen molar-refractivity contribution in [2.75, 3.05) is 19.7 Å². The number of likely N-dealkylation sites (tertiary alicyclic amines) is 1. The molecule has 2 amide bonds. The second-order valence-electron chi connectivity index (χ2n) is 8.05. The van der Waals surface area contributed by atoms with E-state index in [1.807, 2.05) is 6.92 Å². The van der Waals surface area contributed by atoms with Crippen molar-refractivity contribution >= 4 is 6.03 Å². The van der Waals surface area contributed by atoms with E-state index in [1.165, 1.54) is 32.1 Å². The number of rotatable bonds is 5. The molecule has 5 nitrogen and oxygen atoms in total. The summed E-state index contributed by atoms with van der Waals surface area (Å²) in [6.07, 6.45) is 11.2. The van der Waals surface area contributed by atoms with Crippen LogP contribution in [0.4, 0.5) is 4.79 Å². The number of nitrogens with zero attached hydrogens (tertiary/aromatic N) is 1. The van der Waals surface area contributed by atoms with E-state index in [0.29, 0.717) is 5.92 Å². The van der Waals surface area contributed by atoms with Crippen LogP contribution in [0.5, 0.6) is 0 Å². The van der Waals surface area contributed by atoms with Gasteiger partial charge in [0.15, 0.2) is 0 Å². The van der Waals surface area contributed by atoms with Crippen molar-refractivity contribution in [3.63, 3.8) is 0 Å². The molecule has 132 valence electrons. The number of hydrogen-bond donors (Lipinski definition) is 3. The molecule has 0 radical (unpaired) electrons. The van der Waals surface area contributed by atoms with Crippen LogP contribution in [0.25, 0.3) is 0 Å². The molecule has 3 fully saturated rings. The molecule has 0 bridgehead atoms. The number of amides is 2. The minimum Gasteiger partial charge on any atom is -0.394 e. The number of aliphatic hydroxyl groups excluding tert-OH is 1. The van der Waals surface area contributed by atoms with Crippen LogP contribution in [0.2, 0.25) is 0 Å². The first-order valence-electron chi connectivity index (χ1n) is 9.54. The summed E-state index contributed by atoms with van der Waals surface area (Å²) in [7, 11) is 0. The number of aliphatic hydroxyl groups is 1. The predicted molar refractivity (Wildman–Crippen MR) is 91.4 cm³/mol. The van der Waals surface area contributed by atoms with Crippen molar-refractivity contribution in [2.45, 2.75) is 82.3 Å². The summed E-state index contributed by atoms with van der Waals surface area (Å²) in [5.41, 5.74) is -0.452. The van der Waals surface area contributed by atoms with Gasteiger partial charge in [0.1, 0.15) is 0 Å². The number of hydrogen-bond acceptors (Lipinski definition) is 3. The lowest BCUT2D eigenvalue weighted by atomic mass is 9.92. The fourth-order valence-corrected chi connectivity index (χ4v) is 4.33. The monoisotopic (exact) mass is 323 g/mol. The highest BCUT2D eigenvalue weighted by Gasteiger charge is 2.42. The number of piperidine rings is 1. The second kappa shape index (κ2) is 7.39. The number of urea groups is 1. The van der Waals surface area contributed by atoms with Gasteiger partial charge in [-0.15, -0.1) is 0 Å². The van der Waals surface area contributed by atoms with E-state index in [0.717, 1.165) is 44.8 Å². The van der Waals surface area contributed by atoms with Gasteiger partial charge in [0.2, 0.25) is 0 Å². The Balaban J connectivity index is 1.40. The van der Waals surface area contributed by atoms with Crippen molar-refractivity contribution in [1.29, 1.82) is 0 Å². The van der Waals surface area contributed by atoms with Crippen LogP contribution >= 0.6 is 0 Å². The summed E-state index contributed by atoms with van der Waals surface area (Å²) in [6, 6.07) is 0.952. The first kappa shape index (κ1) is 17.0. The van der Waals surface area contributed by atoms with Crippen molar-refractivity contribution in [2.24, 2.45) is 5.92 Å². The zero-order valence-electron chi connectivity index (χ0n) is 14.5. The summed E-state index contributed by atoms with van der Waals surface area (Å²) in [5.74, 6) is 0.436. The largest absolute Gasteiger partial charge is 0.394 e. The maximum atomic E-state index is 12.3. The standard InChI is InChI=1S/C18H33N3O2/c1-18(13-22,14-7-8-14)20-17(23)19-15-9-11-21(12-10-15)16-5-3-2-4-6-16/h14-16,22H,2-13H2,1H3,(H2,19,20,23). The third kappa shape index (κ3) is 4.38. The van der Waals surface area contributed by atoms with E-state index in [4.69, 9.17) is 0 Å². The smallest absolute Gasteiger partial charge is 0.315 e. The molecule has 1 saturated heterocycles. The Hall–Kier alpha value is -0.810. The first-order chi connectivity index (χ1) is 11.1. The van der Waals surface area contributed by atoms with Gasteiger partial charge in [-0.1, -0.05) is 19.3 Å². The van der Waals surface area contributed by atoms with Gasteiger partial charge in [0.25, 0.3) is 0 Å². The third-order valence-electron chi connectivity index (χ3n) is 6.16. The van der Waals surface area contributed by atoms with E-state index in [2.05, 4.69) is 15.5 Å². The number of carbonyl (C=O) groups excluding carboxylic acids is 1. The van der Waals surface area contributed by atoms with E-state index in [-0.39, 0.29) is 18.7 Å². The normalized spacial score (nSPS) is 27.4. The zero-order valence-corrected chi connectivity index (χ0v) is 14.5. The molecule has 1 atom stereocenters. The van der Waals surface area contributed by atoms with Crippen LogP contribution in [0, 0.1) is 5.92 Å². The van der Waals surface area contributed by atoms with E-state index >= 15 is 0 Å². The maximum absolute atomic E-state index is 12.3. The van der Waals surface area contributed by atoms with E-state index < -0.39 is 5.54 Å². The quantitative estimate of drug-likeness (QED) is 0.727. The average Bonchev–Trinajstić information content (AvgIpc) is 3.41. The number of nitrogens with one attached hydrogen (secondary N) is 2. The minimum absolute atomic E-state index is 0.0191. The third-order valence-corrected chi connectivity index (χ3v) is 6.16. The van der Waals surface area contributed by atoms with Crippen molar-refractivity contribution in [3.05, 3.63) is 0 Å². The Labute approximate surface area is 140 Å². The Morgan fingerprint density at radius 3 is 2.30 bits per heavy atom. The zero-order chi connectivity index (χ0) is 16.3. The Kier molecular flexibility index (Phi) is 5.47. The van der Waals surface area contributed by atoms with Crippen molar-refractivity contribution < 1.29 is 9.90 Å². The van der Waals surface area contributed by atoms with Crippen molar-refractivity contribution in [1.82, 2.24) is 15.5 Å². The molecule has 2 aliphatic carbocycles. The summed E-state index contributed by atoms with van der Waals surface area (Å²) >= 11 is 0. The van der Waals surface area contributed by atoms with Crippen LogP contribution < -0.4 is 10.6 Å². The summed E-state index contributed by atoms with van der Waals surface area (Å²) in [5, 5.41) is 15.7. The van der Waals surface area contributed by atoms with Gasteiger partial charge < -0.3 is 20.6 Å². The predicted octanol–water partition coefficient (Wildman–Crippen LogP) is 2.24. The molecule has 1 unspecified atom stereocenters. The second-order valence-corrected chi connectivity index (χ2v) is 8.05. The summed E-state index contributed by atoms with van der Waals surface area (Å²) in [6.45, 7) is 4.19. The summed E-state index contributed by atoms with van der Waals surface area (Å²) in [4.78, 5) is 14.9. The molecule has 2 saturated carbocycles. The SMILES string of the molecule is CC(CO)(NC(=O)NC1CCN(C2CCCCC2)CC1)C1CC1. The fourth-order valence-electron chi connectivity index (χ4n) is 4.33. The van der Waals surface area contributed by atoms with Crippen LogP contribution in [-0.4, -0.2) is 53.4 Å². The maximum Gasteiger partial charge on any atom is 0.315 e. The molecule has 1 aliphatic heterocycles. The molecule has 0 aromatic carbocycles. The highest BCUT2D eigenvalue weighted by Crippen LogP contribution is 2.39. The summed E-state index contributed by atoms with van der Waals surface area (Å²) < 4.78 is 0. The Bertz CT molecular complexity index is 399. The highest BCUT2D eigenvalue weighted by molar-refractivity contribution is 5.75. The van der Waals surface area contributed by atoms with Gasteiger partial charge in [-0.3, -0.25) is 0 Å². The van der Waals surface area contributed by atoms with Crippen molar-refractivity contribution in [3.8, 4) is 0 Å². The Morgan fingerprint density at radius 2 is 1.74 bits per heavy atom. The number of carbonyl (C=O) groups is 1. The van der Waals surface area contributed by atoms with Gasteiger partial charge in [-0.2, -0.15) is 0 Å².